The topological polar surface area (TPSA) is 73.1 Å². The van der Waals surface area contributed by atoms with Gasteiger partial charge in [0.1, 0.15) is 6.54 Å². The lowest BCUT2D eigenvalue weighted by Crippen LogP contribution is -2.28. The molecule has 0 amide bonds. The lowest BCUT2D eigenvalue weighted by atomic mass is 9.78. The highest BCUT2D eigenvalue weighted by atomic mass is 32.2. The second kappa shape index (κ2) is 21.3. The summed E-state index contributed by atoms with van der Waals surface area (Å²) in [5, 5.41) is 7.49. The van der Waals surface area contributed by atoms with Gasteiger partial charge in [-0.05, 0) is 167 Å². The van der Waals surface area contributed by atoms with Crippen LogP contribution in [0.15, 0.2) is 181 Å². The van der Waals surface area contributed by atoms with Crippen molar-refractivity contribution in [3.05, 3.63) is 209 Å². The molecule has 0 saturated heterocycles. The van der Waals surface area contributed by atoms with Crippen LogP contribution in [0.4, 0.5) is 17.1 Å². The Morgan fingerprint density at radius 1 is 0.564 bits per heavy atom. The molecule has 1 aliphatic carbocycles. The molecule has 1 N–H and O–H groups in total. The molecule has 7 aromatic carbocycles. The van der Waals surface area contributed by atoms with E-state index in [2.05, 4.69) is 240 Å². The maximum absolute atomic E-state index is 11.9. The number of unbranched alkanes of at least 4 members (excludes halogenated alkanes) is 4. The van der Waals surface area contributed by atoms with Gasteiger partial charge in [0.2, 0.25) is 5.69 Å². The molecule has 0 fully saturated rings. The second-order valence-corrected chi connectivity index (χ2v) is 25.2. The molecule has 0 atom stereocenters. The van der Waals surface area contributed by atoms with Crippen molar-refractivity contribution >= 4 is 89.3 Å². The first-order chi connectivity index (χ1) is 37.6. The summed E-state index contributed by atoms with van der Waals surface area (Å²) in [5.74, 6) is -0.265. The van der Waals surface area contributed by atoms with Crippen molar-refractivity contribution < 1.29 is 21.7 Å². The number of benzene rings is 7. The third kappa shape index (κ3) is 9.48. The number of anilines is 2. The van der Waals surface area contributed by atoms with E-state index in [1.54, 1.807) is 0 Å². The van der Waals surface area contributed by atoms with Crippen LogP contribution in [0.1, 0.15) is 121 Å². The van der Waals surface area contributed by atoms with E-state index in [-0.39, 0.29) is 16.6 Å². The average molecular weight is 1070 g/mol. The van der Waals surface area contributed by atoms with Crippen molar-refractivity contribution in [1.82, 2.24) is 0 Å². The zero-order valence-corrected chi connectivity index (χ0v) is 48.2. The summed E-state index contributed by atoms with van der Waals surface area (Å²) in [6.07, 6.45) is 18.3. The second-order valence-electron chi connectivity index (χ2n) is 23.4. The highest BCUT2D eigenvalue weighted by Crippen LogP contribution is 2.55. The van der Waals surface area contributed by atoms with Crippen LogP contribution in [0, 0.1) is 0 Å². The number of rotatable bonds is 18. The molecule has 7 nitrogen and oxygen atoms in total. The molecule has 0 saturated carbocycles. The number of fused-ring (bicyclic) bond motifs is 10. The Labute approximate surface area is 468 Å². The largest absolute Gasteiger partial charge is 0.344 e. The summed E-state index contributed by atoms with van der Waals surface area (Å²) in [7, 11) is -4.09. The van der Waals surface area contributed by atoms with Crippen molar-refractivity contribution in [3.8, 4) is 0 Å². The SMILES string of the molecule is CCCCC[N+]1=C(/C=C/C2=C(/C=C3/N(CCCCOS)c4ccc5ccccc5c4C3(C)C)C(=C/C=C3/N(CCCCS(=O)(=O)O)c4ccc5ccccc5c4C3(C)C)/c3ccccc32)C(C)(C)c2c1ccc1ccccc21. The predicted octanol–water partition coefficient (Wildman–Crippen LogP) is 16.8. The first kappa shape index (κ1) is 53.5. The minimum Gasteiger partial charge on any atom is -0.344 e. The summed E-state index contributed by atoms with van der Waals surface area (Å²) in [4.78, 5) is 4.98. The van der Waals surface area contributed by atoms with E-state index in [1.165, 1.54) is 100 Å². The van der Waals surface area contributed by atoms with E-state index in [0.29, 0.717) is 26.0 Å². The van der Waals surface area contributed by atoms with Gasteiger partial charge in [0.05, 0.1) is 17.8 Å². The molecule has 4 aliphatic rings. The van der Waals surface area contributed by atoms with Crippen LogP contribution >= 0.6 is 12.9 Å². The maximum Gasteiger partial charge on any atom is 0.264 e. The van der Waals surface area contributed by atoms with Gasteiger partial charge in [-0.2, -0.15) is 13.0 Å². The Morgan fingerprint density at radius 3 is 1.71 bits per heavy atom. The highest BCUT2D eigenvalue weighted by Gasteiger charge is 2.47. The fraction of sp³-hybridized carbons (Fsp3) is 0.319. The fourth-order valence-electron chi connectivity index (χ4n) is 13.7. The molecule has 3 heterocycles. The molecule has 0 bridgehead atoms. The van der Waals surface area contributed by atoms with Crippen molar-refractivity contribution in [2.75, 3.05) is 41.8 Å². The normalized spacial score (nSPS) is 18.8. The molecule has 0 aromatic heterocycles. The van der Waals surface area contributed by atoms with E-state index in [9.17, 15) is 13.0 Å². The molecule has 400 valence electrons. The van der Waals surface area contributed by atoms with Crippen molar-refractivity contribution in [2.24, 2.45) is 0 Å². The van der Waals surface area contributed by atoms with Gasteiger partial charge in [-0.1, -0.05) is 156 Å². The standard InChI is InChI=1S/C69H73N3O4S2/c1-8-9-18-41-70-58-36-31-47-23-10-13-26-50(47)64(58)67(2,3)61(70)39-34-55-53-29-16-17-30-54(53)56(57(55)46-63-69(6,7)66-52-28-15-12-25-49(52)33-38-60(66)72(63)42-19-21-44-76-77)35-40-62-68(4,5)65-51-27-14-11-24-48(51)32-37-59(65)71(62)43-20-22-45-78(73,74)75/h10-17,23-40,46H,8-9,18-22,41-45H2,1-7H3,(H-,73,74,75,77)/p+1. The molecule has 0 spiro atoms. The van der Waals surface area contributed by atoms with Gasteiger partial charge in [0.15, 0.2) is 5.71 Å². The summed E-state index contributed by atoms with van der Waals surface area (Å²) in [6, 6.07) is 48.9. The first-order valence-electron chi connectivity index (χ1n) is 28.2. The minimum atomic E-state index is -4.09. The number of hydrogen-bond donors (Lipinski definition) is 2. The predicted molar refractivity (Wildman–Crippen MR) is 331 cm³/mol. The molecule has 0 unspecified atom stereocenters. The highest BCUT2D eigenvalue weighted by molar-refractivity contribution is 7.85. The van der Waals surface area contributed by atoms with Crippen LogP contribution < -0.4 is 9.80 Å². The molecular weight excluding hydrogens is 999 g/mol. The van der Waals surface area contributed by atoms with Gasteiger partial charge in [-0.15, -0.1) is 0 Å². The number of thiol groups is 1. The molecule has 3 aliphatic heterocycles. The van der Waals surface area contributed by atoms with E-state index >= 15 is 0 Å². The first-order valence-corrected chi connectivity index (χ1v) is 30.2. The molecular formula is C69H74N3O4S2+. The Hall–Kier alpha value is -6.49. The van der Waals surface area contributed by atoms with Gasteiger partial charge in [0.25, 0.3) is 10.1 Å². The average Bonchev–Trinajstić information content (AvgIpc) is 4.25. The third-order valence-electron chi connectivity index (χ3n) is 17.3. The Kier molecular flexibility index (Phi) is 14.6. The van der Waals surface area contributed by atoms with Gasteiger partial charge in [-0.25, -0.2) is 0 Å². The Morgan fingerprint density at radius 2 is 1.10 bits per heavy atom. The van der Waals surface area contributed by atoms with Crippen LogP contribution in [0.2, 0.25) is 0 Å². The van der Waals surface area contributed by atoms with Gasteiger partial charge in [0, 0.05) is 70.8 Å². The Bertz CT molecular complexity index is 3830. The minimum absolute atomic E-state index is 0.265. The van der Waals surface area contributed by atoms with Crippen LogP contribution in [-0.4, -0.2) is 55.3 Å². The summed E-state index contributed by atoms with van der Waals surface area (Å²) in [5.41, 5.74) is 16.2. The van der Waals surface area contributed by atoms with Gasteiger partial charge in [-0.3, -0.25) is 4.55 Å². The van der Waals surface area contributed by atoms with E-state index in [4.69, 9.17) is 4.18 Å². The summed E-state index contributed by atoms with van der Waals surface area (Å²) < 4.78 is 41.5. The van der Waals surface area contributed by atoms with E-state index < -0.39 is 15.5 Å². The van der Waals surface area contributed by atoms with Gasteiger partial charge < -0.3 is 14.0 Å². The maximum atomic E-state index is 11.9. The Balaban J connectivity index is 1.14. The van der Waals surface area contributed by atoms with Crippen LogP contribution in [0.25, 0.3) is 43.5 Å². The molecule has 7 aromatic rings. The monoisotopic (exact) mass is 1070 g/mol. The van der Waals surface area contributed by atoms with Crippen LogP contribution in [-0.2, 0) is 30.5 Å². The molecule has 78 heavy (non-hydrogen) atoms. The third-order valence-corrected chi connectivity index (χ3v) is 18.3. The quantitative estimate of drug-likeness (QED) is 0.0293. The van der Waals surface area contributed by atoms with Crippen molar-refractivity contribution in [1.29, 1.82) is 0 Å². The fourth-order valence-corrected chi connectivity index (χ4v) is 14.4. The number of nitrogens with zero attached hydrogens (tertiary/aromatic N) is 3. The zero-order valence-electron chi connectivity index (χ0n) is 46.4. The van der Waals surface area contributed by atoms with Crippen molar-refractivity contribution in [3.63, 3.8) is 0 Å². The molecule has 9 heteroatoms. The van der Waals surface area contributed by atoms with Crippen LogP contribution in [0.3, 0.4) is 0 Å². The number of allylic oxidation sites excluding steroid dienone is 10. The smallest absolute Gasteiger partial charge is 0.264 e. The summed E-state index contributed by atoms with van der Waals surface area (Å²) >= 11 is 4.12. The molecule has 0 radical (unpaired) electrons. The van der Waals surface area contributed by atoms with Crippen molar-refractivity contribution in [2.45, 2.75) is 110 Å². The van der Waals surface area contributed by atoms with Gasteiger partial charge >= 0.3 is 0 Å². The summed E-state index contributed by atoms with van der Waals surface area (Å²) in [6.45, 7) is 19.5. The number of hydrogen-bond acceptors (Lipinski definition) is 6. The van der Waals surface area contributed by atoms with E-state index in [1.807, 2.05) is 0 Å². The lowest BCUT2D eigenvalue weighted by Gasteiger charge is -2.28. The lowest BCUT2D eigenvalue weighted by molar-refractivity contribution is -0.438. The zero-order chi connectivity index (χ0) is 54.6. The van der Waals surface area contributed by atoms with E-state index in [0.717, 1.165) is 55.7 Å². The van der Waals surface area contributed by atoms with Crippen LogP contribution in [0.5, 0.6) is 0 Å². The molecule has 11 rings (SSSR count).